The van der Waals surface area contributed by atoms with Crippen molar-refractivity contribution in [2.24, 2.45) is 5.92 Å². The van der Waals surface area contributed by atoms with Crippen LogP contribution in [0.4, 0.5) is 0 Å². The Morgan fingerprint density at radius 3 is 2.68 bits per heavy atom. The predicted molar refractivity (Wildman–Crippen MR) is 102 cm³/mol. The van der Waals surface area contributed by atoms with Gasteiger partial charge < -0.3 is 4.74 Å². The molecular formula is C22H27NO2. The van der Waals surface area contributed by atoms with E-state index in [9.17, 15) is 4.79 Å². The zero-order valence-corrected chi connectivity index (χ0v) is 15.3. The summed E-state index contributed by atoms with van der Waals surface area (Å²) in [4.78, 5) is 15.6. The topological polar surface area (TPSA) is 29.5 Å². The number of hydrogen-bond acceptors (Lipinski definition) is 3. The number of hydrogen-bond donors (Lipinski definition) is 0. The first-order valence-corrected chi connectivity index (χ1v) is 9.53. The molecule has 0 radical (unpaired) electrons. The highest BCUT2D eigenvalue weighted by atomic mass is 16.5. The minimum Gasteiger partial charge on any atom is -0.496 e. The molecule has 0 bridgehead atoms. The number of nitrogens with zero attached hydrogens (tertiary/aromatic N) is 1. The van der Waals surface area contributed by atoms with Gasteiger partial charge in [0.05, 0.1) is 7.11 Å². The Morgan fingerprint density at radius 2 is 1.96 bits per heavy atom. The summed E-state index contributed by atoms with van der Waals surface area (Å²) in [5.74, 6) is 1.38. The molecule has 2 aromatic rings. The molecule has 3 nitrogen and oxygen atoms in total. The molecule has 0 spiro atoms. The molecule has 1 unspecified atom stereocenters. The van der Waals surface area contributed by atoms with Gasteiger partial charge in [-0.15, -0.1) is 0 Å². The standard InChI is InChI=1S/C22H27NO2/c1-15-20-10-8-17(13-16(20)9-11-21(15)25-2)22(24)18-5-4-12-23(14-18)19-6-3-7-19/h8-11,13,18-19H,3-7,12,14H2,1-2H3. The second-order valence-electron chi connectivity index (χ2n) is 7.61. The van der Waals surface area contributed by atoms with Crippen molar-refractivity contribution in [1.82, 2.24) is 4.90 Å². The van der Waals surface area contributed by atoms with Gasteiger partial charge in [0.1, 0.15) is 5.75 Å². The van der Waals surface area contributed by atoms with Crippen molar-refractivity contribution in [3.8, 4) is 5.75 Å². The van der Waals surface area contributed by atoms with Crippen molar-refractivity contribution in [2.75, 3.05) is 20.2 Å². The molecule has 0 aromatic heterocycles. The first kappa shape index (κ1) is 16.6. The van der Waals surface area contributed by atoms with Gasteiger partial charge in [0, 0.05) is 24.1 Å². The molecule has 1 atom stereocenters. The van der Waals surface area contributed by atoms with Crippen LogP contribution in [0.5, 0.6) is 5.75 Å². The van der Waals surface area contributed by atoms with E-state index < -0.39 is 0 Å². The summed E-state index contributed by atoms with van der Waals surface area (Å²) in [6.07, 6.45) is 6.17. The Kier molecular flexibility index (Phi) is 4.51. The summed E-state index contributed by atoms with van der Waals surface area (Å²) < 4.78 is 5.40. The zero-order valence-electron chi connectivity index (χ0n) is 15.3. The third kappa shape index (κ3) is 3.06. The minimum atomic E-state index is 0.158. The Labute approximate surface area is 150 Å². The number of likely N-dealkylation sites (tertiary alicyclic amines) is 1. The van der Waals surface area contributed by atoms with E-state index in [2.05, 4.69) is 30.0 Å². The monoisotopic (exact) mass is 337 g/mol. The van der Waals surface area contributed by atoms with E-state index in [4.69, 9.17) is 4.74 Å². The molecule has 2 aromatic carbocycles. The smallest absolute Gasteiger partial charge is 0.167 e. The van der Waals surface area contributed by atoms with Crippen LogP contribution in [0, 0.1) is 12.8 Å². The van der Waals surface area contributed by atoms with E-state index in [0.717, 1.165) is 53.1 Å². The molecule has 1 saturated carbocycles. The second-order valence-corrected chi connectivity index (χ2v) is 7.61. The summed E-state index contributed by atoms with van der Waals surface area (Å²) >= 11 is 0. The maximum absolute atomic E-state index is 13.1. The molecule has 2 fully saturated rings. The highest BCUT2D eigenvalue weighted by Gasteiger charge is 2.32. The average Bonchev–Trinajstić information content (AvgIpc) is 2.60. The number of methoxy groups -OCH3 is 1. The third-order valence-corrected chi connectivity index (χ3v) is 6.16. The summed E-state index contributed by atoms with van der Waals surface area (Å²) in [5, 5.41) is 2.28. The Bertz CT molecular complexity index is 794. The number of ether oxygens (including phenoxy) is 1. The molecule has 0 amide bonds. The van der Waals surface area contributed by atoms with Crippen LogP contribution in [0.25, 0.3) is 10.8 Å². The normalized spacial score (nSPS) is 21.9. The molecule has 1 aliphatic heterocycles. The SMILES string of the molecule is COc1ccc2cc(C(=O)C3CCCN(C4CCC4)C3)ccc2c1C. The van der Waals surface area contributed by atoms with Crippen LogP contribution in [0.1, 0.15) is 48.0 Å². The Balaban J connectivity index is 1.57. The maximum Gasteiger partial charge on any atom is 0.167 e. The summed E-state index contributed by atoms with van der Waals surface area (Å²) in [6.45, 7) is 4.19. The fraction of sp³-hybridized carbons (Fsp3) is 0.500. The van der Waals surface area contributed by atoms with E-state index in [-0.39, 0.29) is 5.92 Å². The van der Waals surface area contributed by atoms with E-state index in [0.29, 0.717) is 5.78 Å². The van der Waals surface area contributed by atoms with Gasteiger partial charge in [0.15, 0.2) is 5.78 Å². The molecule has 4 rings (SSSR count). The molecular weight excluding hydrogens is 310 g/mol. The second kappa shape index (κ2) is 6.80. The van der Waals surface area contributed by atoms with Gasteiger partial charge in [0.2, 0.25) is 0 Å². The van der Waals surface area contributed by atoms with Crippen LogP contribution in [-0.4, -0.2) is 36.9 Å². The van der Waals surface area contributed by atoms with Gasteiger partial charge in [-0.2, -0.15) is 0 Å². The van der Waals surface area contributed by atoms with Crippen molar-refractivity contribution in [1.29, 1.82) is 0 Å². The third-order valence-electron chi connectivity index (χ3n) is 6.16. The number of carbonyl (C=O) groups excluding carboxylic acids is 1. The Hall–Kier alpha value is -1.87. The van der Waals surface area contributed by atoms with E-state index in [1.165, 1.54) is 25.8 Å². The van der Waals surface area contributed by atoms with Crippen LogP contribution in [0.15, 0.2) is 30.3 Å². The largest absolute Gasteiger partial charge is 0.496 e. The lowest BCUT2D eigenvalue weighted by Crippen LogP contribution is -2.47. The Morgan fingerprint density at radius 1 is 1.12 bits per heavy atom. The van der Waals surface area contributed by atoms with Crippen LogP contribution in [0.2, 0.25) is 0 Å². The number of Topliss-reactive ketones (excluding diaryl/α,β-unsaturated/α-hetero) is 1. The molecule has 2 aliphatic rings. The van der Waals surface area contributed by atoms with Crippen LogP contribution < -0.4 is 4.74 Å². The molecule has 1 saturated heterocycles. The lowest BCUT2D eigenvalue weighted by Gasteiger charge is -2.42. The van der Waals surface area contributed by atoms with E-state index >= 15 is 0 Å². The van der Waals surface area contributed by atoms with Gasteiger partial charge >= 0.3 is 0 Å². The molecule has 1 aliphatic carbocycles. The number of benzene rings is 2. The van der Waals surface area contributed by atoms with Crippen LogP contribution in [-0.2, 0) is 0 Å². The lowest BCUT2D eigenvalue weighted by atomic mass is 9.85. The van der Waals surface area contributed by atoms with Gasteiger partial charge in [-0.05, 0) is 67.6 Å². The summed E-state index contributed by atoms with van der Waals surface area (Å²) in [7, 11) is 1.70. The average molecular weight is 337 g/mol. The van der Waals surface area contributed by atoms with Crippen molar-refractivity contribution < 1.29 is 9.53 Å². The minimum absolute atomic E-state index is 0.158. The molecule has 25 heavy (non-hydrogen) atoms. The van der Waals surface area contributed by atoms with Gasteiger partial charge in [-0.25, -0.2) is 0 Å². The number of fused-ring (bicyclic) bond motifs is 1. The van der Waals surface area contributed by atoms with E-state index in [1.54, 1.807) is 7.11 Å². The summed E-state index contributed by atoms with van der Waals surface area (Å²) in [5.41, 5.74) is 1.99. The first-order chi connectivity index (χ1) is 12.2. The number of rotatable bonds is 4. The number of piperidine rings is 1. The lowest BCUT2D eigenvalue weighted by molar-refractivity contribution is 0.0612. The number of aryl methyl sites for hydroxylation is 1. The fourth-order valence-corrected chi connectivity index (χ4v) is 4.38. The van der Waals surface area contributed by atoms with Crippen molar-refractivity contribution in [2.45, 2.75) is 45.1 Å². The van der Waals surface area contributed by atoms with Crippen LogP contribution >= 0.6 is 0 Å². The van der Waals surface area contributed by atoms with Crippen molar-refractivity contribution >= 4 is 16.6 Å². The molecule has 0 N–H and O–H groups in total. The molecule has 1 heterocycles. The molecule has 3 heteroatoms. The first-order valence-electron chi connectivity index (χ1n) is 9.53. The predicted octanol–water partition coefficient (Wildman–Crippen LogP) is 4.60. The van der Waals surface area contributed by atoms with Gasteiger partial charge in [-0.3, -0.25) is 9.69 Å². The summed E-state index contributed by atoms with van der Waals surface area (Å²) in [6, 6.07) is 10.9. The van der Waals surface area contributed by atoms with Gasteiger partial charge in [-0.1, -0.05) is 24.6 Å². The highest BCUT2D eigenvalue weighted by molar-refractivity contribution is 6.02. The van der Waals surface area contributed by atoms with Crippen molar-refractivity contribution in [3.05, 3.63) is 41.5 Å². The van der Waals surface area contributed by atoms with Gasteiger partial charge in [0.25, 0.3) is 0 Å². The van der Waals surface area contributed by atoms with Crippen LogP contribution in [0.3, 0.4) is 0 Å². The zero-order chi connectivity index (χ0) is 17.4. The highest BCUT2D eigenvalue weighted by Crippen LogP contribution is 2.32. The maximum atomic E-state index is 13.1. The van der Waals surface area contributed by atoms with E-state index in [1.807, 2.05) is 12.1 Å². The number of carbonyl (C=O) groups is 1. The molecule has 132 valence electrons. The number of ketones is 1. The van der Waals surface area contributed by atoms with Crippen molar-refractivity contribution in [3.63, 3.8) is 0 Å². The quantitative estimate of drug-likeness (QED) is 0.763. The fourth-order valence-electron chi connectivity index (χ4n) is 4.38.